The Kier molecular flexibility index (Phi) is 6.20. The van der Waals surface area contributed by atoms with Crippen molar-refractivity contribution < 1.29 is 9.53 Å². The zero-order valence-corrected chi connectivity index (χ0v) is 18.4. The molecule has 4 heterocycles. The van der Waals surface area contributed by atoms with E-state index in [0.717, 1.165) is 42.9 Å². The number of pyridine rings is 2. The number of rotatable bonds is 6. The van der Waals surface area contributed by atoms with Crippen molar-refractivity contribution >= 4 is 28.1 Å². The van der Waals surface area contributed by atoms with Crippen molar-refractivity contribution in [2.75, 3.05) is 32.8 Å². The third-order valence-electron chi connectivity index (χ3n) is 5.70. The molecular weight excluding hydrogens is 420 g/mol. The first-order valence-corrected chi connectivity index (χ1v) is 11.6. The Morgan fingerprint density at radius 2 is 1.91 bits per heavy atom. The lowest BCUT2D eigenvalue weighted by atomic mass is 10.1. The van der Waals surface area contributed by atoms with Gasteiger partial charge in [0.25, 0.3) is 5.91 Å². The van der Waals surface area contributed by atoms with E-state index in [1.165, 1.54) is 4.88 Å². The predicted molar refractivity (Wildman–Crippen MR) is 127 cm³/mol. The highest BCUT2D eigenvalue weighted by atomic mass is 32.1. The lowest BCUT2D eigenvalue weighted by Gasteiger charge is -2.34. The van der Waals surface area contributed by atoms with E-state index in [1.54, 1.807) is 17.5 Å². The average Bonchev–Trinajstić information content (AvgIpc) is 3.39. The Hall–Kier alpha value is -3.13. The lowest BCUT2D eigenvalue weighted by Crippen LogP contribution is -2.43. The van der Waals surface area contributed by atoms with Crippen LogP contribution in [0.5, 0.6) is 0 Å². The molecular formula is C25H24N4O2S. The molecule has 1 saturated heterocycles. The maximum absolute atomic E-state index is 13.4. The topological polar surface area (TPSA) is 67.4 Å². The molecule has 5 rings (SSSR count). The number of thiophene rings is 1. The number of aromatic nitrogens is 2. The van der Waals surface area contributed by atoms with Crippen LogP contribution in [0.25, 0.3) is 22.3 Å². The molecule has 162 valence electrons. The highest BCUT2D eigenvalue weighted by Crippen LogP contribution is 2.27. The molecule has 0 aliphatic carbocycles. The predicted octanol–water partition coefficient (Wildman–Crippen LogP) is 4.16. The molecule has 1 aromatic carbocycles. The van der Waals surface area contributed by atoms with Gasteiger partial charge in [0.2, 0.25) is 0 Å². The monoisotopic (exact) mass is 444 g/mol. The van der Waals surface area contributed by atoms with Crippen molar-refractivity contribution in [3.8, 4) is 11.4 Å². The molecule has 1 aliphatic heterocycles. The Morgan fingerprint density at radius 3 is 2.69 bits per heavy atom. The van der Waals surface area contributed by atoms with Crippen LogP contribution in [0, 0.1) is 0 Å². The van der Waals surface area contributed by atoms with Crippen LogP contribution in [0.3, 0.4) is 0 Å². The van der Waals surface area contributed by atoms with Gasteiger partial charge in [-0.1, -0.05) is 30.3 Å². The Labute approximate surface area is 190 Å². The lowest BCUT2D eigenvalue weighted by molar-refractivity contribution is 0.0169. The van der Waals surface area contributed by atoms with Gasteiger partial charge < -0.3 is 10.1 Å². The number of carbonyl (C=O) groups excluding carboxylic acids is 1. The standard InChI is InChI=1S/C25H24N4O2S/c30-25(27-17-23(24-9-5-15-32-24)29-11-13-31-14-12-29)19-16-22(21-8-3-4-10-26-21)28-20-7-2-1-6-18(19)20/h1-10,15-16,23H,11-14,17H2,(H,27,30)/t23-/m0/s1. The van der Waals surface area contributed by atoms with Gasteiger partial charge in [0, 0.05) is 36.1 Å². The van der Waals surface area contributed by atoms with E-state index < -0.39 is 0 Å². The van der Waals surface area contributed by atoms with Crippen LogP contribution < -0.4 is 5.32 Å². The van der Waals surface area contributed by atoms with Gasteiger partial charge in [-0.3, -0.25) is 14.7 Å². The minimum atomic E-state index is -0.101. The average molecular weight is 445 g/mol. The summed E-state index contributed by atoms with van der Waals surface area (Å²) in [5, 5.41) is 6.11. The van der Waals surface area contributed by atoms with E-state index in [1.807, 2.05) is 48.5 Å². The number of para-hydroxylation sites is 1. The summed E-state index contributed by atoms with van der Waals surface area (Å²) in [5.41, 5.74) is 2.83. The van der Waals surface area contributed by atoms with Crippen LogP contribution >= 0.6 is 11.3 Å². The third-order valence-corrected chi connectivity index (χ3v) is 6.68. The molecule has 1 aliphatic rings. The molecule has 1 fully saturated rings. The van der Waals surface area contributed by atoms with Gasteiger partial charge >= 0.3 is 0 Å². The molecule has 1 amide bonds. The maximum atomic E-state index is 13.4. The number of ether oxygens (including phenoxy) is 1. The second-order valence-corrected chi connectivity index (χ2v) is 8.66. The highest BCUT2D eigenvalue weighted by molar-refractivity contribution is 7.10. The van der Waals surface area contributed by atoms with E-state index in [-0.39, 0.29) is 11.9 Å². The van der Waals surface area contributed by atoms with Crippen molar-refractivity contribution in [2.45, 2.75) is 6.04 Å². The second-order valence-electron chi connectivity index (χ2n) is 7.68. The van der Waals surface area contributed by atoms with Gasteiger partial charge in [-0.25, -0.2) is 4.98 Å². The molecule has 0 unspecified atom stereocenters. The summed E-state index contributed by atoms with van der Waals surface area (Å²) in [4.78, 5) is 26.2. The minimum Gasteiger partial charge on any atom is -0.379 e. The molecule has 0 spiro atoms. The largest absolute Gasteiger partial charge is 0.379 e. The van der Waals surface area contributed by atoms with Crippen LogP contribution in [-0.4, -0.2) is 53.6 Å². The molecule has 0 radical (unpaired) electrons. The van der Waals surface area contributed by atoms with Crippen LogP contribution in [0.2, 0.25) is 0 Å². The number of fused-ring (bicyclic) bond motifs is 1. The van der Waals surface area contributed by atoms with Gasteiger partial charge in [-0.2, -0.15) is 0 Å². The van der Waals surface area contributed by atoms with Gasteiger partial charge in [0.05, 0.1) is 41.7 Å². The first kappa shape index (κ1) is 20.8. The van der Waals surface area contributed by atoms with Gasteiger partial charge in [-0.05, 0) is 35.7 Å². The fraction of sp³-hybridized carbons (Fsp3) is 0.240. The fourth-order valence-electron chi connectivity index (χ4n) is 4.07. The van der Waals surface area contributed by atoms with Gasteiger partial charge in [0.1, 0.15) is 0 Å². The molecule has 1 N–H and O–H groups in total. The first-order chi connectivity index (χ1) is 15.8. The van der Waals surface area contributed by atoms with Crippen molar-refractivity contribution in [1.29, 1.82) is 0 Å². The molecule has 4 aromatic rings. The van der Waals surface area contributed by atoms with E-state index in [4.69, 9.17) is 9.72 Å². The molecule has 0 bridgehead atoms. The summed E-state index contributed by atoms with van der Waals surface area (Å²) < 4.78 is 5.53. The molecule has 7 heteroatoms. The normalized spacial score (nSPS) is 15.5. The smallest absolute Gasteiger partial charge is 0.252 e. The number of nitrogens with one attached hydrogen (secondary N) is 1. The van der Waals surface area contributed by atoms with E-state index in [2.05, 4.69) is 32.7 Å². The molecule has 1 atom stereocenters. The third kappa shape index (κ3) is 4.41. The number of amides is 1. The van der Waals surface area contributed by atoms with Crippen LogP contribution in [0.4, 0.5) is 0 Å². The van der Waals surface area contributed by atoms with E-state index in [9.17, 15) is 4.79 Å². The van der Waals surface area contributed by atoms with Gasteiger partial charge in [0.15, 0.2) is 0 Å². The summed E-state index contributed by atoms with van der Waals surface area (Å²) in [5.74, 6) is -0.101. The molecule has 0 saturated carbocycles. The Bertz CT molecular complexity index is 1190. The summed E-state index contributed by atoms with van der Waals surface area (Å²) in [6, 6.07) is 19.6. The SMILES string of the molecule is O=C(NC[C@@H](c1cccs1)N1CCOCC1)c1cc(-c2ccccn2)nc2ccccc12. The van der Waals surface area contributed by atoms with E-state index >= 15 is 0 Å². The Balaban J connectivity index is 1.44. The summed E-state index contributed by atoms with van der Waals surface area (Å²) in [7, 11) is 0. The number of benzene rings is 1. The molecule has 32 heavy (non-hydrogen) atoms. The zero-order valence-electron chi connectivity index (χ0n) is 17.6. The minimum absolute atomic E-state index is 0.101. The van der Waals surface area contributed by atoms with E-state index in [0.29, 0.717) is 17.8 Å². The summed E-state index contributed by atoms with van der Waals surface area (Å²) in [6.45, 7) is 3.70. The second kappa shape index (κ2) is 9.56. The zero-order chi connectivity index (χ0) is 21.8. The van der Waals surface area contributed by atoms with Crippen molar-refractivity contribution in [2.24, 2.45) is 0 Å². The number of carbonyl (C=O) groups is 1. The fourth-order valence-corrected chi connectivity index (χ4v) is 4.93. The summed E-state index contributed by atoms with van der Waals surface area (Å²) in [6.07, 6.45) is 1.74. The molecule has 6 nitrogen and oxygen atoms in total. The number of nitrogens with zero attached hydrogens (tertiary/aromatic N) is 3. The highest BCUT2D eigenvalue weighted by Gasteiger charge is 2.24. The number of morpholine rings is 1. The van der Waals surface area contributed by atoms with Crippen molar-refractivity contribution in [3.63, 3.8) is 0 Å². The number of hydrogen-bond acceptors (Lipinski definition) is 6. The quantitative estimate of drug-likeness (QED) is 0.484. The van der Waals surface area contributed by atoms with Crippen LogP contribution in [0.15, 0.2) is 72.2 Å². The summed E-state index contributed by atoms with van der Waals surface area (Å²) >= 11 is 1.72. The number of hydrogen-bond donors (Lipinski definition) is 1. The maximum Gasteiger partial charge on any atom is 0.252 e. The van der Waals surface area contributed by atoms with Crippen LogP contribution in [0.1, 0.15) is 21.3 Å². The first-order valence-electron chi connectivity index (χ1n) is 10.7. The molecule has 3 aromatic heterocycles. The Morgan fingerprint density at radius 1 is 1.06 bits per heavy atom. The van der Waals surface area contributed by atoms with Crippen molar-refractivity contribution in [3.05, 3.63) is 82.7 Å². The van der Waals surface area contributed by atoms with Gasteiger partial charge in [-0.15, -0.1) is 11.3 Å². The van der Waals surface area contributed by atoms with Crippen molar-refractivity contribution in [1.82, 2.24) is 20.2 Å². The van der Waals surface area contributed by atoms with Crippen LogP contribution in [-0.2, 0) is 4.74 Å².